The fraction of sp³-hybridized carbons (Fsp3) is 0.222. The van der Waals surface area contributed by atoms with Crippen LogP contribution in [0.15, 0.2) is 18.2 Å². The second-order valence-electron chi connectivity index (χ2n) is 3.42. The van der Waals surface area contributed by atoms with Crippen molar-refractivity contribution in [3.8, 4) is 0 Å². The van der Waals surface area contributed by atoms with E-state index < -0.39 is 40.1 Å². The van der Waals surface area contributed by atoms with Gasteiger partial charge in [-0.05, 0) is 6.07 Å². The van der Waals surface area contributed by atoms with E-state index >= 15 is 0 Å². The summed E-state index contributed by atoms with van der Waals surface area (Å²) in [6.45, 7) is 0. The first kappa shape index (κ1) is 15.7. The van der Waals surface area contributed by atoms with Crippen LogP contribution >= 0.6 is 0 Å². The number of nitrogens with zero attached hydrogens (tertiary/aromatic N) is 1. The van der Waals surface area contributed by atoms with Gasteiger partial charge in [-0.1, -0.05) is 6.07 Å². The summed E-state index contributed by atoms with van der Waals surface area (Å²) in [5.74, 6) is -10.3. The SMILES string of the molecule is O=C(Nc1c(F)cccc1[N+](=O)[O-])C(F)(F)C(F)(F)F. The molecule has 1 rings (SSSR count). The molecule has 0 bridgehead atoms. The van der Waals surface area contributed by atoms with Crippen molar-refractivity contribution in [3.05, 3.63) is 34.1 Å². The Bertz CT molecular complexity index is 557. The standard InChI is InChI=1S/C9H4F6N2O3/c10-4-2-1-3-5(17(19)20)6(4)16-7(18)8(11,12)9(13,14)15/h1-3H,(H,16,18). The molecule has 0 saturated carbocycles. The first-order valence-electron chi connectivity index (χ1n) is 4.67. The summed E-state index contributed by atoms with van der Waals surface area (Å²) in [5, 5.41) is 11.4. The summed E-state index contributed by atoms with van der Waals surface area (Å²) in [4.78, 5) is 20.1. The predicted octanol–water partition coefficient (Wildman–Crippen LogP) is 2.87. The highest BCUT2D eigenvalue weighted by atomic mass is 19.4. The first-order valence-corrected chi connectivity index (χ1v) is 4.67. The molecule has 0 spiro atoms. The minimum Gasteiger partial charge on any atom is -0.312 e. The van der Waals surface area contributed by atoms with Crippen molar-refractivity contribution in [1.82, 2.24) is 0 Å². The number of para-hydroxylation sites is 1. The summed E-state index contributed by atoms with van der Waals surface area (Å²) in [6, 6.07) is 2.00. The lowest BCUT2D eigenvalue weighted by Crippen LogP contribution is -2.47. The molecule has 0 heterocycles. The van der Waals surface area contributed by atoms with Crippen molar-refractivity contribution in [1.29, 1.82) is 0 Å². The quantitative estimate of drug-likeness (QED) is 0.530. The minimum absolute atomic E-state index is 0.550. The van der Waals surface area contributed by atoms with Gasteiger partial charge in [0.25, 0.3) is 5.69 Å². The number of carbonyl (C=O) groups excluding carboxylic acids is 1. The van der Waals surface area contributed by atoms with Gasteiger partial charge in [-0.15, -0.1) is 0 Å². The van der Waals surface area contributed by atoms with Crippen molar-refractivity contribution in [3.63, 3.8) is 0 Å². The number of amides is 1. The monoisotopic (exact) mass is 302 g/mol. The predicted molar refractivity (Wildman–Crippen MR) is 52.7 cm³/mol. The van der Waals surface area contributed by atoms with Gasteiger partial charge in [-0.2, -0.15) is 22.0 Å². The van der Waals surface area contributed by atoms with E-state index in [1.54, 1.807) is 0 Å². The van der Waals surface area contributed by atoms with E-state index in [9.17, 15) is 41.3 Å². The summed E-state index contributed by atoms with van der Waals surface area (Å²) in [7, 11) is 0. The number of hydrogen-bond donors (Lipinski definition) is 1. The van der Waals surface area contributed by atoms with Crippen molar-refractivity contribution < 1.29 is 36.1 Å². The van der Waals surface area contributed by atoms with E-state index in [1.807, 2.05) is 0 Å². The first-order chi connectivity index (χ1) is 8.98. The molecule has 5 nitrogen and oxygen atoms in total. The van der Waals surface area contributed by atoms with E-state index in [0.29, 0.717) is 12.1 Å². The largest absolute Gasteiger partial charge is 0.463 e. The Morgan fingerprint density at radius 3 is 2.20 bits per heavy atom. The maximum atomic E-state index is 13.2. The number of hydrogen-bond acceptors (Lipinski definition) is 3. The third-order valence-corrected chi connectivity index (χ3v) is 2.07. The highest BCUT2D eigenvalue weighted by molar-refractivity contribution is 5.98. The average molecular weight is 302 g/mol. The Morgan fingerprint density at radius 1 is 1.20 bits per heavy atom. The minimum atomic E-state index is -6.21. The Labute approximate surface area is 106 Å². The second-order valence-corrected chi connectivity index (χ2v) is 3.42. The van der Waals surface area contributed by atoms with Gasteiger partial charge >= 0.3 is 18.0 Å². The Kier molecular flexibility index (Phi) is 3.92. The molecule has 0 aliphatic carbocycles. The number of alkyl halides is 5. The lowest BCUT2D eigenvalue weighted by atomic mass is 10.2. The zero-order valence-corrected chi connectivity index (χ0v) is 9.17. The van der Waals surface area contributed by atoms with Crippen LogP contribution in [0.3, 0.4) is 0 Å². The van der Waals surface area contributed by atoms with Crippen LogP contribution in [0.5, 0.6) is 0 Å². The lowest BCUT2D eigenvalue weighted by Gasteiger charge is -2.18. The van der Waals surface area contributed by atoms with E-state index in [4.69, 9.17) is 0 Å². The number of nitro groups is 1. The third-order valence-electron chi connectivity index (χ3n) is 2.07. The van der Waals surface area contributed by atoms with Gasteiger partial charge in [-0.25, -0.2) is 4.39 Å². The van der Waals surface area contributed by atoms with E-state index in [2.05, 4.69) is 0 Å². The Hall–Kier alpha value is -2.33. The molecule has 1 N–H and O–H groups in total. The van der Waals surface area contributed by atoms with Gasteiger partial charge in [0.15, 0.2) is 11.5 Å². The molecule has 0 aromatic heterocycles. The van der Waals surface area contributed by atoms with Crippen LogP contribution in [0, 0.1) is 15.9 Å². The van der Waals surface area contributed by atoms with Crippen molar-refractivity contribution in [2.24, 2.45) is 0 Å². The number of rotatable bonds is 3. The van der Waals surface area contributed by atoms with Crippen LogP contribution in [-0.2, 0) is 4.79 Å². The van der Waals surface area contributed by atoms with E-state index in [0.717, 1.165) is 11.4 Å². The fourth-order valence-corrected chi connectivity index (χ4v) is 1.11. The zero-order chi connectivity index (χ0) is 15.7. The fourth-order valence-electron chi connectivity index (χ4n) is 1.11. The molecule has 0 atom stereocenters. The maximum absolute atomic E-state index is 13.2. The highest BCUT2D eigenvalue weighted by Gasteiger charge is 2.63. The van der Waals surface area contributed by atoms with Gasteiger partial charge in [0.05, 0.1) is 4.92 Å². The third kappa shape index (κ3) is 2.81. The van der Waals surface area contributed by atoms with Crippen molar-refractivity contribution in [2.45, 2.75) is 12.1 Å². The molecule has 1 amide bonds. The van der Waals surface area contributed by atoms with Crippen LogP contribution in [0.1, 0.15) is 0 Å². The van der Waals surface area contributed by atoms with Gasteiger partial charge < -0.3 is 5.32 Å². The van der Waals surface area contributed by atoms with Crippen LogP contribution in [0.4, 0.5) is 37.7 Å². The maximum Gasteiger partial charge on any atom is 0.463 e. The summed E-state index contributed by atoms with van der Waals surface area (Å²) in [6.07, 6.45) is -6.21. The topological polar surface area (TPSA) is 72.2 Å². The number of nitro benzene ring substituents is 1. The molecule has 1 aromatic rings. The molecular formula is C9H4F6N2O3. The molecule has 0 saturated heterocycles. The summed E-state index contributed by atoms with van der Waals surface area (Å²) >= 11 is 0. The molecule has 0 radical (unpaired) electrons. The van der Waals surface area contributed by atoms with E-state index in [-0.39, 0.29) is 0 Å². The number of nitrogens with one attached hydrogen (secondary N) is 1. The molecule has 11 heteroatoms. The highest BCUT2D eigenvalue weighted by Crippen LogP contribution is 2.37. The molecule has 0 aliphatic heterocycles. The van der Waals surface area contributed by atoms with Crippen LogP contribution in [0.2, 0.25) is 0 Å². The summed E-state index contributed by atoms with van der Waals surface area (Å²) in [5.41, 5.74) is -2.53. The second kappa shape index (κ2) is 4.98. The zero-order valence-electron chi connectivity index (χ0n) is 9.17. The molecule has 0 fully saturated rings. The number of halogens is 6. The van der Waals surface area contributed by atoms with E-state index in [1.165, 1.54) is 0 Å². The van der Waals surface area contributed by atoms with Gasteiger partial charge in [0.2, 0.25) is 0 Å². The Balaban J connectivity index is 3.18. The number of anilines is 1. The smallest absolute Gasteiger partial charge is 0.312 e. The Morgan fingerprint density at radius 2 is 1.75 bits per heavy atom. The van der Waals surface area contributed by atoms with Crippen molar-refractivity contribution >= 4 is 17.3 Å². The summed E-state index contributed by atoms with van der Waals surface area (Å²) < 4.78 is 74.2. The number of benzene rings is 1. The molecule has 1 aromatic carbocycles. The van der Waals surface area contributed by atoms with Gasteiger partial charge in [0, 0.05) is 6.07 Å². The van der Waals surface area contributed by atoms with Crippen LogP contribution < -0.4 is 5.32 Å². The molecule has 0 aliphatic rings. The molecule has 110 valence electrons. The number of carbonyl (C=O) groups is 1. The molecular weight excluding hydrogens is 298 g/mol. The average Bonchev–Trinajstić information content (AvgIpc) is 2.29. The van der Waals surface area contributed by atoms with Crippen LogP contribution in [-0.4, -0.2) is 22.9 Å². The van der Waals surface area contributed by atoms with Crippen molar-refractivity contribution in [2.75, 3.05) is 5.32 Å². The van der Waals surface area contributed by atoms with Gasteiger partial charge in [0.1, 0.15) is 0 Å². The normalized spacial score (nSPS) is 12.1. The van der Waals surface area contributed by atoms with Crippen LogP contribution in [0.25, 0.3) is 0 Å². The van der Waals surface area contributed by atoms with Gasteiger partial charge in [-0.3, -0.25) is 14.9 Å². The molecule has 20 heavy (non-hydrogen) atoms. The lowest BCUT2D eigenvalue weighted by molar-refractivity contribution is -0.384. The molecule has 0 unspecified atom stereocenters.